The van der Waals surface area contributed by atoms with Crippen LogP contribution in [0.5, 0.6) is 5.75 Å². The Balaban J connectivity index is 1.93. The molecular weight excluding hydrogens is 426 g/mol. The van der Waals surface area contributed by atoms with Gasteiger partial charge in [-0.1, -0.05) is 19.9 Å². The Morgan fingerprint density at radius 2 is 1.91 bits per heavy atom. The normalized spacial score (nSPS) is 22.5. The number of hydrogen-bond donors (Lipinski definition) is 2. The van der Waals surface area contributed by atoms with Crippen molar-refractivity contribution < 1.29 is 27.4 Å². The fourth-order valence-electron chi connectivity index (χ4n) is 4.55. The van der Waals surface area contributed by atoms with Gasteiger partial charge >= 0.3 is 6.18 Å². The van der Waals surface area contributed by atoms with Crippen LogP contribution in [0.25, 0.3) is 10.9 Å². The van der Waals surface area contributed by atoms with Gasteiger partial charge in [-0.2, -0.15) is 13.2 Å². The summed E-state index contributed by atoms with van der Waals surface area (Å²) < 4.78 is 62.5. The van der Waals surface area contributed by atoms with Gasteiger partial charge in [0.2, 0.25) is 0 Å². The molecule has 0 radical (unpaired) electrons. The number of hydrogen-bond acceptors (Lipinski definition) is 5. The number of aliphatic hydroxyl groups is 1. The van der Waals surface area contributed by atoms with E-state index in [4.69, 9.17) is 4.74 Å². The molecule has 1 aliphatic rings. The molecule has 0 aliphatic heterocycles. The molecule has 0 fully saturated rings. The third kappa shape index (κ3) is 3.44. The molecule has 0 saturated carbocycles. The molecule has 3 aromatic rings. The third-order valence-corrected chi connectivity index (χ3v) is 6.10. The first-order valence-corrected chi connectivity index (χ1v) is 10.0. The minimum absolute atomic E-state index is 0.0101. The van der Waals surface area contributed by atoms with Crippen molar-refractivity contribution in [3.8, 4) is 5.75 Å². The van der Waals surface area contributed by atoms with Crippen LogP contribution in [0.4, 0.5) is 23.2 Å². The largest absolute Gasteiger partial charge is 0.497 e. The molecule has 5 nitrogen and oxygen atoms in total. The van der Waals surface area contributed by atoms with Crippen LogP contribution in [-0.4, -0.2) is 34.0 Å². The van der Waals surface area contributed by atoms with Gasteiger partial charge in [0.1, 0.15) is 22.9 Å². The maximum Gasteiger partial charge on any atom is 0.419 e. The molecule has 1 aromatic heterocycles. The summed E-state index contributed by atoms with van der Waals surface area (Å²) in [5.74, 6) is 0.221. The van der Waals surface area contributed by atoms with Crippen molar-refractivity contribution in [3.63, 3.8) is 0 Å². The van der Waals surface area contributed by atoms with E-state index in [2.05, 4.69) is 15.3 Å². The lowest BCUT2D eigenvalue weighted by Crippen LogP contribution is -2.58. The van der Waals surface area contributed by atoms with Gasteiger partial charge in [-0.3, -0.25) is 0 Å². The van der Waals surface area contributed by atoms with Crippen LogP contribution in [0.3, 0.4) is 0 Å². The van der Waals surface area contributed by atoms with Crippen molar-refractivity contribution >= 4 is 16.6 Å². The lowest BCUT2D eigenvalue weighted by molar-refractivity contribution is -0.275. The molecule has 170 valence electrons. The second kappa shape index (κ2) is 7.30. The summed E-state index contributed by atoms with van der Waals surface area (Å²) >= 11 is 0. The smallest absolute Gasteiger partial charge is 0.419 e. The average molecular weight is 449 g/mol. The molecule has 32 heavy (non-hydrogen) atoms. The SMILES string of the molecule is COc1ccc2c(c1)C(C)(C)CC(O)(C(F)(F)F)C2Nc1ccc(F)c2nc(C)ncc12. The monoisotopic (exact) mass is 449 g/mol. The molecule has 0 amide bonds. The fourth-order valence-corrected chi connectivity index (χ4v) is 4.55. The molecule has 0 bridgehead atoms. The molecule has 9 heteroatoms. The zero-order chi connectivity index (χ0) is 23.5. The van der Waals surface area contributed by atoms with Crippen LogP contribution in [-0.2, 0) is 5.41 Å². The number of nitrogens with one attached hydrogen (secondary N) is 1. The van der Waals surface area contributed by atoms with Gasteiger partial charge in [0.05, 0.1) is 13.2 Å². The standard InChI is InChI=1S/C23H23F4N3O2/c1-12-28-10-15-18(8-7-17(24)19(15)29-12)30-20-14-6-5-13(32-4)9-16(14)21(2,3)11-22(20,31)23(25,26)27/h5-10,20,30-31H,11H2,1-4H3. The summed E-state index contributed by atoms with van der Waals surface area (Å²) in [5, 5.41) is 14.1. The number of methoxy groups -OCH3 is 1. The van der Waals surface area contributed by atoms with Crippen LogP contribution in [0, 0.1) is 12.7 Å². The molecule has 0 spiro atoms. The Kier molecular flexibility index (Phi) is 5.08. The van der Waals surface area contributed by atoms with Gasteiger partial charge in [0.25, 0.3) is 0 Å². The predicted octanol–water partition coefficient (Wildman–Crippen LogP) is 5.21. The summed E-state index contributed by atoms with van der Waals surface area (Å²) in [4.78, 5) is 8.14. The number of aromatic nitrogens is 2. The Hall–Kier alpha value is -2.94. The van der Waals surface area contributed by atoms with Crippen molar-refractivity contribution in [1.29, 1.82) is 0 Å². The topological polar surface area (TPSA) is 67.3 Å². The number of aryl methyl sites for hydroxylation is 1. The number of nitrogens with zero attached hydrogens (tertiary/aromatic N) is 2. The fraction of sp³-hybridized carbons (Fsp3) is 0.391. The van der Waals surface area contributed by atoms with Gasteiger partial charge in [0, 0.05) is 17.3 Å². The summed E-state index contributed by atoms with van der Waals surface area (Å²) in [7, 11) is 1.48. The van der Waals surface area contributed by atoms with E-state index >= 15 is 0 Å². The van der Waals surface area contributed by atoms with Crippen LogP contribution < -0.4 is 10.1 Å². The zero-order valence-corrected chi connectivity index (χ0v) is 18.0. The van der Waals surface area contributed by atoms with E-state index < -0.39 is 35.5 Å². The highest BCUT2D eigenvalue weighted by Gasteiger charge is 2.63. The quantitative estimate of drug-likeness (QED) is 0.537. The Labute approximate surface area is 182 Å². The Bertz CT molecular complexity index is 1200. The van der Waals surface area contributed by atoms with Crippen LogP contribution in [0.1, 0.15) is 43.3 Å². The van der Waals surface area contributed by atoms with Gasteiger partial charge in [-0.05, 0) is 54.2 Å². The lowest BCUT2D eigenvalue weighted by Gasteiger charge is -2.49. The minimum Gasteiger partial charge on any atom is -0.497 e. The summed E-state index contributed by atoms with van der Waals surface area (Å²) in [6.07, 6.45) is -4.14. The molecule has 2 unspecified atom stereocenters. The predicted molar refractivity (Wildman–Crippen MR) is 112 cm³/mol. The number of alkyl halides is 3. The van der Waals surface area contributed by atoms with Crippen molar-refractivity contribution in [2.24, 2.45) is 0 Å². The first-order valence-electron chi connectivity index (χ1n) is 10.0. The van der Waals surface area contributed by atoms with Crippen molar-refractivity contribution in [2.75, 3.05) is 12.4 Å². The van der Waals surface area contributed by atoms with E-state index in [1.807, 2.05) is 0 Å². The number of anilines is 1. The molecule has 2 aromatic carbocycles. The van der Waals surface area contributed by atoms with E-state index in [-0.39, 0.29) is 22.2 Å². The molecule has 1 aliphatic carbocycles. The van der Waals surface area contributed by atoms with Gasteiger partial charge in [-0.15, -0.1) is 0 Å². The van der Waals surface area contributed by atoms with E-state index in [0.717, 1.165) is 6.07 Å². The number of halogens is 4. The van der Waals surface area contributed by atoms with Gasteiger partial charge in [0.15, 0.2) is 5.60 Å². The molecule has 2 N–H and O–H groups in total. The van der Waals surface area contributed by atoms with Crippen molar-refractivity contribution in [3.05, 3.63) is 59.3 Å². The van der Waals surface area contributed by atoms with Crippen LogP contribution in [0.15, 0.2) is 36.5 Å². The van der Waals surface area contributed by atoms with Crippen LogP contribution >= 0.6 is 0 Å². The molecule has 4 rings (SSSR count). The first-order chi connectivity index (χ1) is 14.9. The molecule has 1 heterocycles. The second-order valence-electron chi connectivity index (χ2n) is 8.79. The average Bonchev–Trinajstić information content (AvgIpc) is 2.71. The van der Waals surface area contributed by atoms with Crippen LogP contribution in [0.2, 0.25) is 0 Å². The van der Waals surface area contributed by atoms with Gasteiger partial charge < -0.3 is 15.2 Å². The number of rotatable bonds is 3. The summed E-state index contributed by atoms with van der Waals surface area (Å²) in [6, 6.07) is 5.68. The van der Waals surface area contributed by atoms with Crippen molar-refractivity contribution in [2.45, 2.75) is 50.4 Å². The maximum absolute atomic E-state index is 14.3. The van der Waals surface area contributed by atoms with Crippen molar-refractivity contribution in [1.82, 2.24) is 9.97 Å². The van der Waals surface area contributed by atoms with E-state index in [9.17, 15) is 22.7 Å². The molecule has 2 atom stereocenters. The highest BCUT2D eigenvalue weighted by atomic mass is 19.4. The second-order valence-corrected chi connectivity index (χ2v) is 8.79. The lowest BCUT2D eigenvalue weighted by atomic mass is 9.63. The van der Waals surface area contributed by atoms with E-state index in [1.54, 1.807) is 32.9 Å². The number of ether oxygens (including phenoxy) is 1. The summed E-state index contributed by atoms with van der Waals surface area (Å²) in [5.41, 5.74) is -2.98. The number of benzene rings is 2. The Morgan fingerprint density at radius 1 is 1.19 bits per heavy atom. The number of fused-ring (bicyclic) bond motifs is 2. The Morgan fingerprint density at radius 3 is 2.56 bits per heavy atom. The minimum atomic E-state index is -4.93. The highest BCUT2D eigenvalue weighted by molar-refractivity contribution is 5.91. The van der Waals surface area contributed by atoms with Gasteiger partial charge in [-0.25, -0.2) is 14.4 Å². The first kappa shape index (κ1) is 22.3. The zero-order valence-electron chi connectivity index (χ0n) is 18.0. The third-order valence-electron chi connectivity index (χ3n) is 6.10. The summed E-state index contributed by atoms with van der Waals surface area (Å²) in [6.45, 7) is 4.90. The van der Waals surface area contributed by atoms with E-state index in [0.29, 0.717) is 17.1 Å². The van der Waals surface area contributed by atoms with E-state index in [1.165, 1.54) is 25.4 Å². The molecular formula is C23H23F4N3O2. The highest BCUT2D eigenvalue weighted by Crippen LogP contribution is 2.55. The maximum atomic E-state index is 14.3. The molecule has 0 saturated heterocycles.